The number of nitrogens with one attached hydrogen (secondary N) is 1. The lowest BCUT2D eigenvalue weighted by molar-refractivity contribution is -0.137. The van der Waals surface area contributed by atoms with Crippen LogP contribution in [-0.2, 0) is 4.79 Å². The van der Waals surface area contributed by atoms with Crippen molar-refractivity contribution in [2.75, 3.05) is 19.6 Å². The average molecular weight is 210 g/mol. The minimum absolute atomic E-state index is 0.376. The highest BCUT2D eigenvalue weighted by Crippen LogP contribution is 2.24. The van der Waals surface area contributed by atoms with Crippen LogP contribution in [0.15, 0.2) is 0 Å². The fraction of sp³-hybridized carbons (Fsp3) is 0.917. The predicted octanol–water partition coefficient (Wildman–Crippen LogP) is 1.24. The molecule has 2 saturated heterocycles. The van der Waals surface area contributed by atoms with E-state index in [9.17, 15) is 4.79 Å². The van der Waals surface area contributed by atoms with Gasteiger partial charge in [0.05, 0.1) is 0 Å². The first kappa shape index (κ1) is 10.9. The number of nitrogens with zero attached hydrogens (tertiary/aromatic N) is 1. The molecule has 0 spiro atoms. The molecule has 0 saturated carbocycles. The summed E-state index contributed by atoms with van der Waals surface area (Å²) in [6.45, 7) is 7.49. The summed E-state index contributed by atoms with van der Waals surface area (Å²) in [6.07, 6.45) is 3.21. The van der Waals surface area contributed by atoms with Gasteiger partial charge in [0, 0.05) is 19.0 Å². The largest absolute Gasteiger partial charge is 0.340 e. The molecule has 2 fully saturated rings. The van der Waals surface area contributed by atoms with Crippen molar-refractivity contribution in [1.82, 2.24) is 10.2 Å². The summed E-state index contributed by atoms with van der Waals surface area (Å²) in [4.78, 5) is 14.2. The second-order valence-electron chi connectivity index (χ2n) is 5.18. The lowest BCUT2D eigenvalue weighted by Gasteiger charge is -2.39. The summed E-state index contributed by atoms with van der Waals surface area (Å²) < 4.78 is 0. The van der Waals surface area contributed by atoms with Gasteiger partial charge in [-0.15, -0.1) is 0 Å². The van der Waals surface area contributed by atoms with Gasteiger partial charge in [0.1, 0.15) is 0 Å². The molecule has 0 aromatic rings. The van der Waals surface area contributed by atoms with Crippen LogP contribution in [0.1, 0.15) is 33.1 Å². The zero-order valence-electron chi connectivity index (χ0n) is 9.83. The Morgan fingerprint density at radius 2 is 2.13 bits per heavy atom. The van der Waals surface area contributed by atoms with Crippen LogP contribution in [-0.4, -0.2) is 36.5 Å². The van der Waals surface area contributed by atoms with E-state index < -0.39 is 0 Å². The lowest BCUT2D eigenvalue weighted by Crippen LogP contribution is -2.49. The van der Waals surface area contributed by atoms with Crippen molar-refractivity contribution in [3.8, 4) is 0 Å². The average Bonchev–Trinajstić information content (AvgIpc) is 2.15. The predicted molar refractivity (Wildman–Crippen MR) is 60.5 cm³/mol. The van der Waals surface area contributed by atoms with Gasteiger partial charge in [-0.2, -0.15) is 0 Å². The molecule has 3 heteroatoms. The van der Waals surface area contributed by atoms with Crippen LogP contribution in [0.2, 0.25) is 0 Å². The van der Waals surface area contributed by atoms with Crippen LogP contribution in [0.3, 0.4) is 0 Å². The third-order valence-corrected chi connectivity index (χ3v) is 4.02. The number of likely N-dealkylation sites (tertiary alicyclic amines) is 1. The Hall–Kier alpha value is -0.570. The summed E-state index contributed by atoms with van der Waals surface area (Å²) in [6, 6.07) is 0.444. The first-order valence-corrected chi connectivity index (χ1v) is 6.18. The molecule has 86 valence electrons. The molecule has 0 aromatic heterocycles. The number of rotatable bonds is 2. The van der Waals surface area contributed by atoms with Gasteiger partial charge in [-0.1, -0.05) is 6.92 Å². The Bertz CT molecular complexity index is 238. The number of hydrogen-bond donors (Lipinski definition) is 1. The monoisotopic (exact) mass is 210 g/mol. The van der Waals surface area contributed by atoms with Crippen LogP contribution in [0.25, 0.3) is 0 Å². The van der Waals surface area contributed by atoms with E-state index in [0.29, 0.717) is 23.8 Å². The summed E-state index contributed by atoms with van der Waals surface area (Å²) in [5, 5.41) is 3.22. The van der Waals surface area contributed by atoms with Crippen LogP contribution in [0.5, 0.6) is 0 Å². The van der Waals surface area contributed by atoms with Crippen molar-refractivity contribution in [2.24, 2.45) is 11.8 Å². The fourth-order valence-corrected chi connectivity index (χ4v) is 2.54. The molecular weight excluding hydrogens is 188 g/mol. The Morgan fingerprint density at radius 1 is 1.40 bits per heavy atom. The van der Waals surface area contributed by atoms with Gasteiger partial charge in [0.15, 0.2) is 0 Å². The highest BCUT2D eigenvalue weighted by Gasteiger charge is 2.30. The highest BCUT2D eigenvalue weighted by molar-refractivity contribution is 5.77. The van der Waals surface area contributed by atoms with Gasteiger partial charge in [-0.05, 0) is 44.7 Å². The molecule has 2 unspecified atom stereocenters. The Balaban J connectivity index is 1.87. The first-order valence-electron chi connectivity index (χ1n) is 6.18. The van der Waals surface area contributed by atoms with Gasteiger partial charge >= 0.3 is 0 Å². The Labute approximate surface area is 92.2 Å². The number of carbonyl (C=O) groups is 1. The van der Waals surface area contributed by atoms with Gasteiger partial charge < -0.3 is 10.2 Å². The molecule has 2 heterocycles. The molecule has 2 rings (SSSR count). The van der Waals surface area contributed by atoms with E-state index in [0.717, 1.165) is 26.1 Å². The first-order chi connectivity index (χ1) is 7.18. The van der Waals surface area contributed by atoms with Crippen LogP contribution in [0, 0.1) is 11.8 Å². The van der Waals surface area contributed by atoms with Gasteiger partial charge in [-0.3, -0.25) is 4.79 Å². The fourth-order valence-electron chi connectivity index (χ4n) is 2.54. The zero-order valence-corrected chi connectivity index (χ0v) is 9.83. The molecule has 2 aliphatic rings. The SMILES string of the molecule is CC1CCCN(C(=O)CC2CNC2)C1C. The van der Waals surface area contributed by atoms with Crippen molar-refractivity contribution < 1.29 is 4.79 Å². The number of hydrogen-bond acceptors (Lipinski definition) is 2. The minimum Gasteiger partial charge on any atom is -0.340 e. The van der Waals surface area contributed by atoms with E-state index in [1.54, 1.807) is 0 Å². The molecule has 1 N–H and O–H groups in total. The third kappa shape index (κ3) is 2.33. The van der Waals surface area contributed by atoms with Crippen LogP contribution < -0.4 is 5.32 Å². The molecule has 2 aliphatic heterocycles. The quantitative estimate of drug-likeness (QED) is 0.744. The normalized spacial score (nSPS) is 32.5. The smallest absolute Gasteiger partial charge is 0.223 e. The summed E-state index contributed by atoms with van der Waals surface area (Å²) in [5.41, 5.74) is 0. The maximum atomic E-state index is 12.1. The van der Waals surface area contributed by atoms with Gasteiger partial charge in [0.2, 0.25) is 5.91 Å². The van der Waals surface area contributed by atoms with E-state index in [1.807, 2.05) is 0 Å². The van der Waals surface area contributed by atoms with Crippen LogP contribution in [0.4, 0.5) is 0 Å². The van der Waals surface area contributed by atoms with E-state index in [2.05, 4.69) is 24.1 Å². The maximum Gasteiger partial charge on any atom is 0.223 e. The van der Waals surface area contributed by atoms with Crippen molar-refractivity contribution in [3.63, 3.8) is 0 Å². The molecule has 1 amide bonds. The van der Waals surface area contributed by atoms with E-state index in [1.165, 1.54) is 12.8 Å². The number of amides is 1. The van der Waals surface area contributed by atoms with Crippen LogP contribution >= 0.6 is 0 Å². The minimum atomic E-state index is 0.376. The maximum absolute atomic E-state index is 12.1. The van der Waals surface area contributed by atoms with Crippen molar-refractivity contribution in [3.05, 3.63) is 0 Å². The second-order valence-corrected chi connectivity index (χ2v) is 5.18. The van der Waals surface area contributed by atoms with E-state index in [-0.39, 0.29) is 0 Å². The Kier molecular flexibility index (Phi) is 3.29. The summed E-state index contributed by atoms with van der Waals surface area (Å²) >= 11 is 0. The van der Waals surface area contributed by atoms with Crippen molar-refractivity contribution in [1.29, 1.82) is 0 Å². The van der Waals surface area contributed by atoms with Crippen molar-refractivity contribution >= 4 is 5.91 Å². The highest BCUT2D eigenvalue weighted by atomic mass is 16.2. The lowest BCUT2D eigenvalue weighted by atomic mass is 9.90. The number of carbonyl (C=O) groups excluding carboxylic acids is 1. The topological polar surface area (TPSA) is 32.3 Å². The van der Waals surface area contributed by atoms with E-state index >= 15 is 0 Å². The van der Waals surface area contributed by atoms with Gasteiger partial charge in [0.25, 0.3) is 0 Å². The molecule has 0 aliphatic carbocycles. The third-order valence-electron chi connectivity index (χ3n) is 4.02. The molecule has 0 radical (unpaired) electrons. The Morgan fingerprint density at radius 3 is 2.73 bits per heavy atom. The molecular formula is C12H22N2O. The molecule has 3 nitrogen and oxygen atoms in total. The molecule has 2 atom stereocenters. The second kappa shape index (κ2) is 4.52. The summed E-state index contributed by atoms with van der Waals surface area (Å²) in [7, 11) is 0. The molecule has 0 aromatic carbocycles. The molecule has 15 heavy (non-hydrogen) atoms. The zero-order chi connectivity index (χ0) is 10.8. The number of piperidine rings is 1. The molecule has 0 bridgehead atoms. The summed E-state index contributed by atoms with van der Waals surface area (Å²) in [5.74, 6) is 1.64. The van der Waals surface area contributed by atoms with E-state index in [4.69, 9.17) is 0 Å². The standard InChI is InChI=1S/C12H22N2O/c1-9-4-3-5-14(10(9)2)12(15)6-11-7-13-8-11/h9-11,13H,3-8H2,1-2H3. The van der Waals surface area contributed by atoms with Crippen molar-refractivity contribution in [2.45, 2.75) is 39.2 Å². The van der Waals surface area contributed by atoms with Gasteiger partial charge in [-0.25, -0.2) is 0 Å².